The van der Waals surface area contributed by atoms with E-state index in [2.05, 4.69) is 43.6 Å². The number of hydrogen-bond acceptors (Lipinski definition) is 3. The zero-order valence-corrected chi connectivity index (χ0v) is 11.5. The van der Waals surface area contributed by atoms with Gasteiger partial charge in [0, 0.05) is 24.8 Å². The molecule has 0 aliphatic heterocycles. The average Bonchev–Trinajstić information content (AvgIpc) is 2.31. The Morgan fingerprint density at radius 1 is 1.35 bits per heavy atom. The lowest BCUT2D eigenvalue weighted by atomic mass is 10.0. The van der Waals surface area contributed by atoms with Crippen molar-refractivity contribution < 1.29 is 0 Å². The molecule has 0 bridgehead atoms. The van der Waals surface area contributed by atoms with E-state index in [1.54, 1.807) is 0 Å². The van der Waals surface area contributed by atoms with Crippen molar-refractivity contribution in [2.75, 3.05) is 11.4 Å². The summed E-state index contributed by atoms with van der Waals surface area (Å²) < 4.78 is 0. The number of nitrogens with zero attached hydrogens (tertiary/aromatic N) is 2. The van der Waals surface area contributed by atoms with Crippen LogP contribution in [0.1, 0.15) is 39.7 Å². The molecule has 0 spiro atoms. The Hall–Kier alpha value is -1.09. The van der Waals surface area contributed by atoms with Gasteiger partial charge in [-0.2, -0.15) is 0 Å². The van der Waals surface area contributed by atoms with Gasteiger partial charge in [-0.25, -0.2) is 4.98 Å². The number of nitrogens with two attached hydrogens (primary N) is 1. The molecule has 96 valence electrons. The summed E-state index contributed by atoms with van der Waals surface area (Å²) in [5, 5.41) is 0. The van der Waals surface area contributed by atoms with E-state index >= 15 is 0 Å². The van der Waals surface area contributed by atoms with Gasteiger partial charge in [0.1, 0.15) is 5.82 Å². The molecule has 1 atom stereocenters. The largest absolute Gasteiger partial charge is 0.354 e. The van der Waals surface area contributed by atoms with Crippen LogP contribution in [0.3, 0.4) is 0 Å². The second-order valence-corrected chi connectivity index (χ2v) is 4.74. The summed E-state index contributed by atoms with van der Waals surface area (Å²) in [4.78, 5) is 6.85. The van der Waals surface area contributed by atoms with Crippen molar-refractivity contribution in [1.29, 1.82) is 0 Å². The molecular weight excluding hydrogens is 210 g/mol. The van der Waals surface area contributed by atoms with Crippen LogP contribution in [0.25, 0.3) is 0 Å². The van der Waals surface area contributed by atoms with Gasteiger partial charge >= 0.3 is 0 Å². The average molecular weight is 235 g/mol. The maximum atomic E-state index is 6.05. The van der Waals surface area contributed by atoms with Crippen molar-refractivity contribution in [3.8, 4) is 0 Å². The van der Waals surface area contributed by atoms with Crippen molar-refractivity contribution in [2.24, 2.45) is 5.73 Å². The van der Waals surface area contributed by atoms with Crippen LogP contribution in [0, 0.1) is 0 Å². The predicted molar refractivity (Wildman–Crippen MR) is 74.4 cm³/mol. The summed E-state index contributed by atoms with van der Waals surface area (Å²) in [5.41, 5.74) is 7.31. The van der Waals surface area contributed by atoms with Gasteiger partial charge in [0.25, 0.3) is 0 Å². The van der Waals surface area contributed by atoms with Crippen molar-refractivity contribution in [2.45, 2.75) is 52.6 Å². The Balaban J connectivity index is 2.97. The molecule has 0 saturated heterocycles. The number of rotatable bonds is 6. The normalized spacial score (nSPS) is 12.8. The summed E-state index contributed by atoms with van der Waals surface area (Å²) in [7, 11) is 0. The first kappa shape index (κ1) is 14.0. The Labute approximate surface area is 105 Å². The fourth-order valence-corrected chi connectivity index (χ4v) is 2.03. The molecule has 0 saturated carbocycles. The van der Waals surface area contributed by atoms with E-state index in [0.29, 0.717) is 6.04 Å². The maximum absolute atomic E-state index is 6.05. The van der Waals surface area contributed by atoms with Crippen LogP contribution < -0.4 is 10.6 Å². The predicted octanol–water partition coefficient (Wildman–Crippen LogP) is 2.60. The molecule has 2 N–H and O–H groups in total. The third-order valence-corrected chi connectivity index (χ3v) is 3.11. The fourth-order valence-electron chi connectivity index (χ4n) is 2.03. The lowest BCUT2D eigenvalue weighted by Gasteiger charge is -2.28. The monoisotopic (exact) mass is 235 g/mol. The van der Waals surface area contributed by atoms with Crippen LogP contribution in [-0.4, -0.2) is 23.6 Å². The standard InChI is InChI=1S/C14H25N3/c1-5-13(15)10-12-8-7-9-16-14(12)17(6-2)11(3)4/h7-9,11,13H,5-6,10,15H2,1-4H3. The Bertz CT molecular complexity index is 336. The van der Waals surface area contributed by atoms with Crippen LogP contribution in [0.5, 0.6) is 0 Å². The van der Waals surface area contributed by atoms with Gasteiger partial charge in [-0.1, -0.05) is 13.0 Å². The number of anilines is 1. The molecule has 1 aromatic heterocycles. The summed E-state index contributed by atoms with van der Waals surface area (Å²) in [6, 6.07) is 4.83. The molecule has 17 heavy (non-hydrogen) atoms. The molecule has 3 heteroatoms. The quantitative estimate of drug-likeness (QED) is 0.824. The Morgan fingerprint density at radius 3 is 2.59 bits per heavy atom. The van der Waals surface area contributed by atoms with Gasteiger partial charge in [-0.3, -0.25) is 0 Å². The molecular formula is C14H25N3. The Kier molecular flexibility index (Phi) is 5.42. The van der Waals surface area contributed by atoms with Gasteiger partial charge in [0.15, 0.2) is 0 Å². The van der Waals surface area contributed by atoms with Gasteiger partial charge in [-0.15, -0.1) is 0 Å². The van der Waals surface area contributed by atoms with Crippen molar-refractivity contribution in [3.63, 3.8) is 0 Å². The molecule has 0 aromatic carbocycles. The lowest BCUT2D eigenvalue weighted by molar-refractivity contribution is 0.634. The first-order valence-corrected chi connectivity index (χ1v) is 6.56. The summed E-state index contributed by atoms with van der Waals surface area (Å²) in [6.45, 7) is 9.66. The van der Waals surface area contributed by atoms with Crippen LogP contribution in [-0.2, 0) is 6.42 Å². The molecule has 1 heterocycles. The van der Waals surface area contributed by atoms with Crippen LogP contribution in [0.15, 0.2) is 18.3 Å². The topological polar surface area (TPSA) is 42.1 Å². The van der Waals surface area contributed by atoms with E-state index in [0.717, 1.165) is 25.2 Å². The summed E-state index contributed by atoms with van der Waals surface area (Å²) >= 11 is 0. The summed E-state index contributed by atoms with van der Waals surface area (Å²) in [6.07, 6.45) is 3.77. The zero-order valence-electron chi connectivity index (χ0n) is 11.5. The minimum atomic E-state index is 0.226. The highest BCUT2D eigenvalue weighted by Gasteiger charge is 2.15. The fraction of sp³-hybridized carbons (Fsp3) is 0.643. The van der Waals surface area contributed by atoms with E-state index in [-0.39, 0.29) is 6.04 Å². The number of hydrogen-bond donors (Lipinski definition) is 1. The first-order chi connectivity index (χ1) is 8.10. The molecule has 1 aromatic rings. The van der Waals surface area contributed by atoms with Gasteiger partial charge in [-0.05, 0) is 45.2 Å². The summed E-state index contributed by atoms with van der Waals surface area (Å²) in [5.74, 6) is 1.09. The van der Waals surface area contributed by atoms with Crippen LogP contribution in [0.4, 0.5) is 5.82 Å². The molecule has 0 aliphatic carbocycles. The molecule has 1 rings (SSSR count). The molecule has 0 radical (unpaired) electrons. The zero-order chi connectivity index (χ0) is 12.8. The number of pyridine rings is 1. The Morgan fingerprint density at radius 2 is 2.06 bits per heavy atom. The van der Waals surface area contributed by atoms with Crippen LogP contribution >= 0.6 is 0 Å². The third kappa shape index (κ3) is 3.70. The number of aromatic nitrogens is 1. The molecule has 0 aliphatic rings. The maximum Gasteiger partial charge on any atom is 0.131 e. The SMILES string of the molecule is CCC(N)Cc1cccnc1N(CC)C(C)C. The smallest absolute Gasteiger partial charge is 0.131 e. The lowest BCUT2D eigenvalue weighted by Crippen LogP contribution is -2.33. The third-order valence-electron chi connectivity index (χ3n) is 3.11. The second-order valence-electron chi connectivity index (χ2n) is 4.74. The highest BCUT2D eigenvalue weighted by molar-refractivity contribution is 5.47. The van der Waals surface area contributed by atoms with Crippen LogP contribution in [0.2, 0.25) is 0 Å². The van der Waals surface area contributed by atoms with Gasteiger partial charge in [0.2, 0.25) is 0 Å². The molecule has 0 fully saturated rings. The van der Waals surface area contributed by atoms with Crippen molar-refractivity contribution >= 4 is 5.82 Å². The first-order valence-electron chi connectivity index (χ1n) is 6.56. The van der Waals surface area contributed by atoms with E-state index in [4.69, 9.17) is 5.73 Å². The van der Waals surface area contributed by atoms with E-state index in [1.807, 2.05) is 12.3 Å². The van der Waals surface area contributed by atoms with E-state index in [9.17, 15) is 0 Å². The molecule has 3 nitrogen and oxygen atoms in total. The molecule has 1 unspecified atom stereocenters. The second kappa shape index (κ2) is 6.60. The highest BCUT2D eigenvalue weighted by Crippen LogP contribution is 2.20. The van der Waals surface area contributed by atoms with Crippen molar-refractivity contribution in [1.82, 2.24) is 4.98 Å². The van der Waals surface area contributed by atoms with E-state index in [1.165, 1.54) is 5.56 Å². The molecule has 0 amide bonds. The van der Waals surface area contributed by atoms with Gasteiger partial charge in [0.05, 0.1) is 0 Å². The highest BCUT2D eigenvalue weighted by atomic mass is 15.2. The van der Waals surface area contributed by atoms with Crippen molar-refractivity contribution in [3.05, 3.63) is 23.9 Å². The minimum Gasteiger partial charge on any atom is -0.354 e. The minimum absolute atomic E-state index is 0.226. The van der Waals surface area contributed by atoms with Gasteiger partial charge < -0.3 is 10.6 Å². The van der Waals surface area contributed by atoms with E-state index < -0.39 is 0 Å².